The first-order valence-electron chi connectivity index (χ1n) is 6.28. The Bertz CT molecular complexity index is 764. The normalized spacial score (nSPS) is 10.3. The van der Waals surface area contributed by atoms with Gasteiger partial charge < -0.3 is 9.47 Å². The van der Waals surface area contributed by atoms with Gasteiger partial charge in [0.05, 0.1) is 22.2 Å². The standard InChI is InChI=1S/C15H10Cl3NO4/c1-22-9-4-2-3-8(5-9)11(20)7-23-15(21)14-13(18)12(17)10(16)6-19-14/h2-6H,7H2,1H3. The Morgan fingerprint density at radius 3 is 2.61 bits per heavy atom. The Balaban J connectivity index is 2.07. The predicted molar refractivity (Wildman–Crippen MR) is 86.9 cm³/mol. The lowest BCUT2D eigenvalue weighted by atomic mass is 10.1. The molecule has 5 nitrogen and oxygen atoms in total. The van der Waals surface area contributed by atoms with Crippen molar-refractivity contribution in [2.24, 2.45) is 0 Å². The molecule has 0 saturated carbocycles. The number of aromatic nitrogens is 1. The molecule has 2 aromatic rings. The van der Waals surface area contributed by atoms with Crippen LogP contribution in [-0.2, 0) is 4.74 Å². The summed E-state index contributed by atoms with van der Waals surface area (Å²) in [5.41, 5.74) is 0.143. The maximum Gasteiger partial charge on any atom is 0.358 e. The first-order valence-corrected chi connectivity index (χ1v) is 7.41. The van der Waals surface area contributed by atoms with Crippen molar-refractivity contribution in [2.75, 3.05) is 13.7 Å². The van der Waals surface area contributed by atoms with Gasteiger partial charge in [0.1, 0.15) is 5.75 Å². The fourth-order valence-electron chi connectivity index (χ4n) is 1.66. The van der Waals surface area contributed by atoms with E-state index in [0.29, 0.717) is 11.3 Å². The Morgan fingerprint density at radius 1 is 1.17 bits per heavy atom. The minimum absolute atomic E-state index is 0.00518. The average molecular weight is 375 g/mol. The van der Waals surface area contributed by atoms with Crippen LogP contribution in [0.2, 0.25) is 15.1 Å². The Morgan fingerprint density at radius 2 is 1.91 bits per heavy atom. The second kappa shape index (κ2) is 7.64. The number of Topliss-reactive ketones (excluding diaryl/α,β-unsaturated/α-hetero) is 1. The zero-order chi connectivity index (χ0) is 17.0. The molecule has 1 aromatic heterocycles. The summed E-state index contributed by atoms with van der Waals surface area (Å²) < 4.78 is 9.94. The first-order chi connectivity index (χ1) is 10.9. The summed E-state index contributed by atoms with van der Waals surface area (Å²) in [6, 6.07) is 6.48. The molecule has 0 aliphatic rings. The van der Waals surface area contributed by atoms with E-state index in [2.05, 4.69) is 4.98 Å². The van der Waals surface area contributed by atoms with E-state index in [0.717, 1.165) is 0 Å². The zero-order valence-electron chi connectivity index (χ0n) is 11.8. The van der Waals surface area contributed by atoms with Crippen LogP contribution < -0.4 is 4.74 Å². The number of pyridine rings is 1. The fourth-order valence-corrected chi connectivity index (χ4v) is 2.22. The van der Waals surface area contributed by atoms with Crippen molar-refractivity contribution in [1.82, 2.24) is 4.98 Å². The minimum Gasteiger partial charge on any atom is -0.497 e. The van der Waals surface area contributed by atoms with Crippen molar-refractivity contribution >= 4 is 46.6 Å². The highest BCUT2D eigenvalue weighted by molar-refractivity contribution is 6.48. The van der Waals surface area contributed by atoms with Gasteiger partial charge in [0.15, 0.2) is 18.1 Å². The molecule has 0 aliphatic carbocycles. The first kappa shape index (κ1) is 17.5. The monoisotopic (exact) mass is 373 g/mol. The van der Waals surface area contributed by atoms with Crippen LogP contribution in [0.1, 0.15) is 20.8 Å². The third-order valence-corrected chi connectivity index (χ3v) is 4.08. The number of benzene rings is 1. The van der Waals surface area contributed by atoms with E-state index in [1.54, 1.807) is 24.3 Å². The van der Waals surface area contributed by atoms with E-state index in [1.807, 2.05) is 0 Å². The van der Waals surface area contributed by atoms with E-state index in [4.69, 9.17) is 44.3 Å². The maximum atomic E-state index is 12.0. The highest BCUT2D eigenvalue weighted by Crippen LogP contribution is 2.31. The van der Waals surface area contributed by atoms with Gasteiger partial charge in [0.2, 0.25) is 0 Å². The van der Waals surface area contributed by atoms with Crippen LogP contribution in [0.25, 0.3) is 0 Å². The molecule has 0 N–H and O–H groups in total. The van der Waals surface area contributed by atoms with Gasteiger partial charge in [0, 0.05) is 11.8 Å². The molecule has 23 heavy (non-hydrogen) atoms. The lowest BCUT2D eigenvalue weighted by molar-refractivity contribution is 0.0469. The summed E-state index contributed by atoms with van der Waals surface area (Å²) >= 11 is 17.4. The molecule has 0 radical (unpaired) electrons. The predicted octanol–water partition coefficient (Wildman–Crippen LogP) is 4.09. The van der Waals surface area contributed by atoms with Gasteiger partial charge in [-0.1, -0.05) is 46.9 Å². The zero-order valence-corrected chi connectivity index (χ0v) is 14.1. The van der Waals surface area contributed by atoms with Gasteiger partial charge in [-0.25, -0.2) is 9.78 Å². The van der Waals surface area contributed by atoms with Crippen molar-refractivity contribution in [3.8, 4) is 5.75 Å². The number of hydrogen-bond acceptors (Lipinski definition) is 5. The molecule has 0 bridgehead atoms. The van der Waals surface area contributed by atoms with Crippen molar-refractivity contribution in [3.63, 3.8) is 0 Å². The second-order valence-electron chi connectivity index (χ2n) is 4.31. The number of hydrogen-bond donors (Lipinski definition) is 0. The van der Waals surface area contributed by atoms with Crippen molar-refractivity contribution in [2.45, 2.75) is 0 Å². The Labute approximate surface area is 147 Å². The van der Waals surface area contributed by atoms with Crippen molar-refractivity contribution in [1.29, 1.82) is 0 Å². The van der Waals surface area contributed by atoms with Crippen molar-refractivity contribution in [3.05, 3.63) is 56.8 Å². The number of halogens is 3. The molecule has 1 heterocycles. The number of ketones is 1. The van der Waals surface area contributed by atoms with Crippen LogP contribution in [0.5, 0.6) is 5.75 Å². The van der Waals surface area contributed by atoms with Crippen LogP contribution in [0, 0.1) is 0 Å². The molecule has 0 amide bonds. The fraction of sp³-hybridized carbons (Fsp3) is 0.133. The molecule has 0 fully saturated rings. The summed E-state index contributed by atoms with van der Waals surface area (Å²) in [7, 11) is 1.49. The van der Waals surface area contributed by atoms with Crippen LogP contribution >= 0.6 is 34.8 Å². The molecular weight excluding hydrogens is 365 g/mol. The molecule has 0 spiro atoms. The van der Waals surface area contributed by atoms with Crippen LogP contribution in [-0.4, -0.2) is 30.5 Å². The lowest BCUT2D eigenvalue weighted by Gasteiger charge is -2.07. The molecule has 0 aliphatic heterocycles. The topological polar surface area (TPSA) is 65.5 Å². The number of nitrogens with zero attached hydrogens (tertiary/aromatic N) is 1. The molecule has 2 rings (SSSR count). The summed E-state index contributed by atoms with van der Waals surface area (Å²) in [5, 5.41) is -0.0203. The quantitative estimate of drug-likeness (QED) is 0.582. The third kappa shape index (κ3) is 4.13. The van der Waals surface area contributed by atoms with E-state index in [1.165, 1.54) is 13.3 Å². The number of rotatable bonds is 5. The van der Waals surface area contributed by atoms with Crippen LogP contribution in [0.3, 0.4) is 0 Å². The van der Waals surface area contributed by atoms with Crippen LogP contribution in [0.15, 0.2) is 30.5 Å². The van der Waals surface area contributed by atoms with E-state index in [-0.39, 0.29) is 20.8 Å². The van der Waals surface area contributed by atoms with E-state index < -0.39 is 18.4 Å². The minimum atomic E-state index is -0.871. The molecule has 120 valence electrons. The van der Waals surface area contributed by atoms with E-state index >= 15 is 0 Å². The number of carbonyl (C=O) groups excluding carboxylic acids is 2. The van der Waals surface area contributed by atoms with Crippen LogP contribution in [0.4, 0.5) is 0 Å². The highest BCUT2D eigenvalue weighted by Gasteiger charge is 2.19. The number of esters is 1. The van der Waals surface area contributed by atoms with Gasteiger partial charge in [-0.2, -0.15) is 0 Å². The molecule has 1 aromatic carbocycles. The summed E-state index contributed by atoms with van der Waals surface area (Å²) in [5.74, 6) is -0.741. The smallest absolute Gasteiger partial charge is 0.358 e. The number of methoxy groups -OCH3 is 1. The van der Waals surface area contributed by atoms with Gasteiger partial charge in [-0.3, -0.25) is 4.79 Å². The van der Waals surface area contributed by atoms with Gasteiger partial charge in [-0.15, -0.1) is 0 Å². The summed E-state index contributed by atoms with van der Waals surface area (Å²) in [6.45, 7) is -0.468. The summed E-state index contributed by atoms with van der Waals surface area (Å²) in [4.78, 5) is 27.7. The molecule has 8 heteroatoms. The van der Waals surface area contributed by atoms with E-state index in [9.17, 15) is 9.59 Å². The molecule has 0 unspecified atom stereocenters. The Kier molecular flexibility index (Phi) is 5.82. The second-order valence-corrected chi connectivity index (χ2v) is 5.48. The summed E-state index contributed by atoms with van der Waals surface area (Å²) in [6.07, 6.45) is 1.18. The number of carbonyl (C=O) groups is 2. The van der Waals surface area contributed by atoms with Crippen molar-refractivity contribution < 1.29 is 19.1 Å². The van der Waals surface area contributed by atoms with Gasteiger partial charge in [-0.05, 0) is 12.1 Å². The third-order valence-electron chi connectivity index (χ3n) is 2.84. The molecular formula is C15H10Cl3NO4. The largest absolute Gasteiger partial charge is 0.497 e. The van der Waals surface area contributed by atoms with Gasteiger partial charge in [0.25, 0.3) is 0 Å². The highest BCUT2D eigenvalue weighted by atomic mass is 35.5. The average Bonchev–Trinajstić information content (AvgIpc) is 2.57. The Hall–Kier alpha value is -1.82. The molecule has 0 saturated heterocycles. The lowest BCUT2D eigenvalue weighted by Crippen LogP contribution is -2.15. The SMILES string of the molecule is COc1cccc(C(=O)COC(=O)c2ncc(Cl)c(Cl)c2Cl)c1. The van der Waals surface area contributed by atoms with Gasteiger partial charge >= 0.3 is 5.97 Å². The number of ether oxygens (including phenoxy) is 2. The molecule has 0 atom stereocenters. The maximum absolute atomic E-state index is 12.0.